The molecule has 25 heavy (non-hydrogen) atoms. The fourth-order valence-electron chi connectivity index (χ4n) is 1.96. The molecule has 1 unspecified atom stereocenters. The van der Waals surface area contributed by atoms with Gasteiger partial charge in [-0.15, -0.1) is 4.36 Å². The number of aliphatic hydroxyl groups excluding tert-OH is 1. The van der Waals surface area contributed by atoms with Crippen molar-refractivity contribution in [3.8, 4) is 5.75 Å². The van der Waals surface area contributed by atoms with Crippen LogP contribution in [0.3, 0.4) is 0 Å². The van der Waals surface area contributed by atoms with Crippen molar-refractivity contribution in [3.63, 3.8) is 0 Å². The predicted octanol–water partition coefficient (Wildman–Crippen LogP) is 1.67. The van der Waals surface area contributed by atoms with Gasteiger partial charge in [0.05, 0.1) is 22.1 Å². The number of hydrogen-bond acceptors (Lipinski definition) is 6. The van der Waals surface area contributed by atoms with Crippen molar-refractivity contribution >= 4 is 21.5 Å². The van der Waals surface area contributed by atoms with Crippen LogP contribution in [0.5, 0.6) is 5.75 Å². The summed E-state index contributed by atoms with van der Waals surface area (Å²) < 4.78 is 26.8. The molecule has 0 spiro atoms. The van der Waals surface area contributed by atoms with Gasteiger partial charge in [0.25, 0.3) is 0 Å². The average Bonchev–Trinajstić information content (AvgIpc) is 2.43. The van der Waals surface area contributed by atoms with Crippen LogP contribution in [-0.4, -0.2) is 40.5 Å². The van der Waals surface area contributed by atoms with Crippen LogP contribution in [0.1, 0.15) is 32.8 Å². The van der Waals surface area contributed by atoms with Crippen LogP contribution >= 0.6 is 0 Å². The molecule has 9 heteroatoms. The molecular formula is C16H26N2O6S. The van der Waals surface area contributed by atoms with Crippen molar-refractivity contribution in [2.45, 2.75) is 38.5 Å². The molecule has 1 aromatic rings. The van der Waals surface area contributed by atoms with E-state index in [-0.39, 0.29) is 12.4 Å². The van der Waals surface area contributed by atoms with Gasteiger partial charge in [0, 0.05) is 31.4 Å². The number of nitrogens with zero attached hydrogens (tertiary/aromatic N) is 1. The van der Waals surface area contributed by atoms with Crippen LogP contribution in [0.25, 0.3) is 0 Å². The molecule has 3 N–H and O–H groups in total. The van der Waals surface area contributed by atoms with E-state index in [1.165, 1.54) is 6.26 Å². The molecule has 0 heterocycles. The summed E-state index contributed by atoms with van der Waals surface area (Å²) in [5.74, 6) is 0.408. The zero-order valence-electron chi connectivity index (χ0n) is 15.0. The van der Waals surface area contributed by atoms with E-state index in [0.717, 1.165) is 0 Å². The van der Waals surface area contributed by atoms with Gasteiger partial charge >= 0.3 is 6.09 Å². The summed E-state index contributed by atoms with van der Waals surface area (Å²) in [4.78, 5) is 11.8. The SMILES string of the molecule is CC(C)(C)OC(=O)N=S(C)(=O)Cc1cc([NH2+][O-])cc(OCCCO)c1. The van der Waals surface area contributed by atoms with Crippen molar-refractivity contribution in [1.29, 1.82) is 0 Å². The van der Waals surface area contributed by atoms with Crippen LogP contribution in [0, 0.1) is 5.21 Å². The predicted molar refractivity (Wildman–Crippen MR) is 95.0 cm³/mol. The zero-order chi connectivity index (χ0) is 19.1. The first-order valence-electron chi connectivity index (χ1n) is 7.80. The smallest absolute Gasteiger partial charge is 0.442 e. The number of amides is 1. The van der Waals surface area contributed by atoms with E-state index in [2.05, 4.69) is 4.36 Å². The van der Waals surface area contributed by atoms with Crippen molar-refractivity contribution in [1.82, 2.24) is 0 Å². The van der Waals surface area contributed by atoms with Crippen LogP contribution < -0.4 is 10.2 Å². The van der Waals surface area contributed by atoms with Gasteiger partial charge in [0.15, 0.2) is 0 Å². The summed E-state index contributed by atoms with van der Waals surface area (Å²) in [6.07, 6.45) is 0.932. The number of hydrogen-bond donors (Lipinski definition) is 2. The number of ether oxygens (including phenoxy) is 2. The van der Waals surface area contributed by atoms with E-state index in [4.69, 9.17) is 14.6 Å². The summed E-state index contributed by atoms with van der Waals surface area (Å²) >= 11 is 0. The summed E-state index contributed by atoms with van der Waals surface area (Å²) in [7, 11) is -2.88. The second kappa shape index (κ2) is 9.14. The molecule has 8 nitrogen and oxygen atoms in total. The minimum atomic E-state index is -2.88. The monoisotopic (exact) mass is 374 g/mol. The first-order chi connectivity index (χ1) is 11.5. The Bertz CT molecular complexity index is 705. The summed E-state index contributed by atoms with van der Waals surface area (Å²) in [6.45, 7) is 5.38. The molecule has 1 amide bonds. The highest BCUT2D eigenvalue weighted by Gasteiger charge is 2.18. The number of benzene rings is 1. The van der Waals surface area contributed by atoms with Crippen LogP contribution in [0.4, 0.5) is 10.5 Å². The molecule has 1 aromatic carbocycles. The summed E-state index contributed by atoms with van der Waals surface area (Å²) in [5, 5.41) is 19.9. The van der Waals surface area contributed by atoms with E-state index in [1.807, 2.05) is 0 Å². The Labute approximate surface area is 148 Å². The third-order valence-electron chi connectivity index (χ3n) is 2.79. The third kappa shape index (κ3) is 8.82. The molecule has 0 radical (unpaired) electrons. The average molecular weight is 374 g/mol. The van der Waals surface area contributed by atoms with E-state index in [1.54, 1.807) is 39.0 Å². The molecule has 0 saturated carbocycles. The summed E-state index contributed by atoms with van der Waals surface area (Å²) in [6, 6.07) is 4.76. The van der Waals surface area contributed by atoms with Crippen molar-refractivity contribution in [3.05, 3.63) is 29.0 Å². The van der Waals surface area contributed by atoms with Crippen LogP contribution in [0.15, 0.2) is 22.6 Å². The molecule has 0 bridgehead atoms. The Kier molecular flexibility index (Phi) is 7.81. The van der Waals surface area contributed by atoms with Gasteiger partial charge in [-0.25, -0.2) is 9.00 Å². The molecule has 1 atom stereocenters. The minimum Gasteiger partial charge on any atom is -0.630 e. The van der Waals surface area contributed by atoms with Crippen molar-refractivity contribution < 1.29 is 29.1 Å². The van der Waals surface area contributed by atoms with E-state index in [9.17, 15) is 14.2 Å². The highest BCUT2D eigenvalue weighted by molar-refractivity contribution is 7.92. The lowest BCUT2D eigenvalue weighted by Crippen LogP contribution is -2.70. The van der Waals surface area contributed by atoms with Gasteiger partial charge in [-0.1, -0.05) is 0 Å². The lowest BCUT2D eigenvalue weighted by molar-refractivity contribution is -0.497. The largest absolute Gasteiger partial charge is 0.630 e. The molecule has 1 rings (SSSR count). The zero-order valence-corrected chi connectivity index (χ0v) is 15.8. The van der Waals surface area contributed by atoms with Crippen LogP contribution in [0.2, 0.25) is 0 Å². The Morgan fingerprint density at radius 3 is 2.60 bits per heavy atom. The molecule has 0 aliphatic carbocycles. The number of rotatable bonds is 7. The van der Waals surface area contributed by atoms with Crippen molar-refractivity contribution in [2.75, 3.05) is 19.5 Å². The normalized spacial score (nSPS) is 13.8. The first-order valence-corrected chi connectivity index (χ1v) is 9.89. The topological polar surface area (TPSA) is 125 Å². The number of carbonyl (C=O) groups is 1. The molecule has 0 aliphatic rings. The quantitative estimate of drug-likeness (QED) is 0.425. The molecule has 142 valence electrons. The van der Waals surface area contributed by atoms with E-state index in [0.29, 0.717) is 35.5 Å². The fourth-order valence-corrected chi connectivity index (χ4v) is 3.16. The van der Waals surface area contributed by atoms with Gasteiger partial charge in [-0.2, -0.15) is 0 Å². The van der Waals surface area contributed by atoms with Gasteiger partial charge in [0.2, 0.25) is 0 Å². The Balaban J connectivity index is 2.97. The summed E-state index contributed by atoms with van der Waals surface area (Å²) in [5.41, 5.74) is 0.860. The van der Waals surface area contributed by atoms with Gasteiger partial charge in [0.1, 0.15) is 17.0 Å². The van der Waals surface area contributed by atoms with Crippen molar-refractivity contribution in [2.24, 2.45) is 4.36 Å². The maximum absolute atomic E-state index is 12.6. The van der Waals surface area contributed by atoms with Gasteiger partial charge in [-0.3, -0.25) is 0 Å². The van der Waals surface area contributed by atoms with E-state index < -0.39 is 21.4 Å². The second-order valence-corrected chi connectivity index (χ2v) is 9.02. The maximum Gasteiger partial charge on any atom is 0.442 e. The minimum absolute atomic E-state index is 0.00221. The molecular weight excluding hydrogens is 348 g/mol. The molecule has 0 aliphatic heterocycles. The van der Waals surface area contributed by atoms with Gasteiger partial charge in [-0.05, 0) is 32.4 Å². The number of aliphatic hydroxyl groups is 1. The Morgan fingerprint density at radius 1 is 1.36 bits per heavy atom. The lowest BCUT2D eigenvalue weighted by atomic mass is 10.2. The van der Waals surface area contributed by atoms with Gasteiger partial charge < -0.3 is 25.3 Å². The molecule has 0 fully saturated rings. The Hall–Kier alpha value is -1.68. The standard InChI is InChI=1S/C16H26N2O6S/c1-16(2,3)24-15(20)18-25(4,22)11-12-8-13(17-21)10-14(9-12)23-7-5-6-19/h8-10,19H,5-7,11,17H2,1-4H3. The first kappa shape index (κ1) is 21.4. The van der Waals surface area contributed by atoms with Crippen LogP contribution in [-0.2, 0) is 20.2 Å². The number of nitrogens with two attached hydrogens (primary N) is 1. The Morgan fingerprint density at radius 2 is 2.04 bits per heavy atom. The maximum atomic E-state index is 12.6. The highest BCUT2D eigenvalue weighted by atomic mass is 32.2. The second-order valence-electron chi connectivity index (χ2n) is 6.63. The number of quaternary nitrogens is 1. The number of carbonyl (C=O) groups excluding carboxylic acids is 1. The van der Waals surface area contributed by atoms with E-state index >= 15 is 0 Å². The highest BCUT2D eigenvalue weighted by Crippen LogP contribution is 2.21. The third-order valence-corrected chi connectivity index (χ3v) is 4.20. The molecule has 0 aromatic heterocycles. The fraction of sp³-hybridized carbons (Fsp3) is 0.562. The lowest BCUT2D eigenvalue weighted by Gasteiger charge is -2.17. The molecule has 0 saturated heterocycles.